The number of carbonyl (C=O) groups excluding carboxylic acids is 2. The van der Waals surface area contributed by atoms with Gasteiger partial charge in [0.15, 0.2) is 0 Å². The molecule has 1 saturated heterocycles. The number of nitrogens with one attached hydrogen (secondary N) is 2. The summed E-state index contributed by atoms with van der Waals surface area (Å²) in [6, 6.07) is 0.356. The summed E-state index contributed by atoms with van der Waals surface area (Å²) in [6.07, 6.45) is 6.55. The van der Waals surface area contributed by atoms with E-state index in [-0.39, 0.29) is 17.7 Å². The van der Waals surface area contributed by atoms with Gasteiger partial charge in [0.1, 0.15) is 5.82 Å². The number of H-pyrrole nitrogens is 1. The molecule has 0 radical (unpaired) electrons. The van der Waals surface area contributed by atoms with Crippen LogP contribution in [0.15, 0.2) is 6.20 Å². The molecule has 2 amide bonds. The molecule has 6 nitrogen and oxygen atoms in total. The highest BCUT2D eigenvalue weighted by Gasteiger charge is 2.38. The molecular weight excluding hydrogens is 256 g/mol. The standard InChI is InChI=1S/C14H20N4O2/c1-9-7-15-17-13(9)16-14(20)10-6-12(19)18(8-10)11-4-2-3-5-11/h7,10-11H,2-6,8H2,1H3,(H2,15,16,17,20). The summed E-state index contributed by atoms with van der Waals surface area (Å²) in [5.41, 5.74) is 0.898. The maximum atomic E-state index is 12.2. The van der Waals surface area contributed by atoms with E-state index < -0.39 is 0 Å². The van der Waals surface area contributed by atoms with Crippen molar-refractivity contribution in [3.8, 4) is 0 Å². The first kappa shape index (κ1) is 13.1. The lowest BCUT2D eigenvalue weighted by Crippen LogP contribution is -2.35. The van der Waals surface area contributed by atoms with E-state index in [9.17, 15) is 9.59 Å². The molecule has 1 unspecified atom stereocenters. The van der Waals surface area contributed by atoms with Crippen LogP contribution >= 0.6 is 0 Å². The Kier molecular flexibility index (Phi) is 3.46. The van der Waals surface area contributed by atoms with Crippen molar-refractivity contribution in [1.29, 1.82) is 0 Å². The van der Waals surface area contributed by atoms with Gasteiger partial charge in [-0.2, -0.15) is 5.10 Å². The monoisotopic (exact) mass is 276 g/mol. The first-order chi connectivity index (χ1) is 9.65. The quantitative estimate of drug-likeness (QED) is 0.877. The van der Waals surface area contributed by atoms with Gasteiger partial charge in [0.05, 0.1) is 12.1 Å². The molecule has 1 aliphatic heterocycles. The van der Waals surface area contributed by atoms with Crippen LogP contribution < -0.4 is 5.32 Å². The number of hydrogen-bond donors (Lipinski definition) is 2. The zero-order chi connectivity index (χ0) is 14.1. The van der Waals surface area contributed by atoms with Gasteiger partial charge >= 0.3 is 0 Å². The molecule has 2 fully saturated rings. The summed E-state index contributed by atoms with van der Waals surface area (Å²) in [6.45, 7) is 2.44. The molecule has 2 N–H and O–H groups in total. The van der Waals surface area contributed by atoms with Crippen LogP contribution in [-0.2, 0) is 9.59 Å². The van der Waals surface area contributed by atoms with E-state index >= 15 is 0 Å². The van der Waals surface area contributed by atoms with Crippen molar-refractivity contribution in [1.82, 2.24) is 15.1 Å². The number of rotatable bonds is 3. The molecule has 0 aromatic carbocycles. The van der Waals surface area contributed by atoms with Gasteiger partial charge in [-0.15, -0.1) is 0 Å². The van der Waals surface area contributed by atoms with Crippen molar-refractivity contribution >= 4 is 17.6 Å². The Hall–Kier alpha value is -1.85. The predicted molar refractivity (Wildman–Crippen MR) is 74.0 cm³/mol. The summed E-state index contributed by atoms with van der Waals surface area (Å²) in [7, 11) is 0. The van der Waals surface area contributed by atoms with Gasteiger partial charge in [0, 0.05) is 24.6 Å². The van der Waals surface area contributed by atoms with Crippen molar-refractivity contribution in [2.75, 3.05) is 11.9 Å². The summed E-state index contributed by atoms with van der Waals surface area (Å²) in [4.78, 5) is 26.2. The predicted octanol–water partition coefficient (Wildman–Crippen LogP) is 1.45. The minimum absolute atomic E-state index is 0.0915. The van der Waals surface area contributed by atoms with Gasteiger partial charge in [-0.25, -0.2) is 0 Å². The van der Waals surface area contributed by atoms with Crippen LogP contribution in [0.5, 0.6) is 0 Å². The number of aromatic nitrogens is 2. The average Bonchev–Trinajstić information content (AvgIpc) is 3.11. The molecule has 1 saturated carbocycles. The van der Waals surface area contributed by atoms with Crippen LogP contribution in [0.2, 0.25) is 0 Å². The lowest BCUT2D eigenvalue weighted by molar-refractivity contribution is -0.129. The minimum Gasteiger partial charge on any atom is -0.339 e. The molecule has 6 heteroatoms. The zero-order valence-electron chi connectivity index (χ0n) is 11.7. The summed E-state index contributed by atoms with van der Waals surface area (Å²) < 4.78 is 0. The van der Waals surface area contributed by atoms with Crippen molar-refractivity contribution in [2.45, 2.75) is 45.1 Å². The van der Waals surface area contributed by atoms with Crippen LogP contribution in [0.4, 0.5) is 5.82 Å². The van der Waals surface area contributed by atoms with Crippen LogP contribution in [-0.4, -0.2) is 39.5 Å². The molecule has 1 atom stereocenters. The van der Waals surface area contributed by atoms with E-state index in [1.165, 1.54) is 12.8 Å². The van der Waals surface area contributed by atoms with Crippen molar-refractivity contribution < 1.29 is 9.59 Å². The van der Waals surface area contributed by atoms with Crippen LogP contribution in [0.25, 0.3) is 0 Å². The third-order valence-electron chi connectivity index (χ3n) is 4.37. The third kappa shape index (κ3) is 2.42. The zero-order valence-corrected chi connectivity index (χ0v) is 11.7. The molecule has 0 spiro atoms. The molecule has 108 valence electrons. The van der Waals surface area contributed by atoms with Gasteiger partial charge in [0.25, 0.3) is 0 Å². The van der Waals surface area contributed by atoms with Crippen molar-refractivity contribution in [3.05, 3.63) is 11.8 Å². The SMILES string of the molecule is Cc1cn[nH]c1NC(=O)C1CC(=O)N(C2CCCC2)C1. The number of nitrogens with zero attached hydrogens (tertiary/aromatic N) is 2. The Morgan fingerprint density at radius 3 is 2.85 bits per heavy atom. The number of aryl methyl sites for hydroxylation is 1. The largest absolute Gasteiger partial charge is 0.339 e. The highest BCUT2D eigenvalue weighted by molar-refractivity contribution is 5.97. The van der Waals surface area contributed by atoms with E-state index in [2.05, 4.69) is 15.5 Å². The Morgan fingerprint density at radius 1 is 1.45 bits per heavy atom. The number of amides is 2. The summed E-state index contributed by atoms with van der Waals surface area (Å²) in [5.74, 6) is 0.414. The minimum atomic E-state index is -0.245. The molecule has 0 bridgehead atoms. The number of aromatic amines is 1. The van der Waals surface area contributed by atoms with E-state index in [1.54, 1.807) is 6.20 Å². The second-order valence-corrected chi connectivity index (χ2v) is 5.80. The highest BCUT2D eigenvalue weighted by Crippen LogP contribution is 2.29. The van der Waals surface area contributed by atoms with Gasteiger partial charge in [-0.1, -0.05) is 12.8 Å². The molecule has 2 aliphatic rings. The van der Waals surface area contributed by atoms with E-state index in [0.717, 1.165) is 18.4 Å². The lowest BCUT2D eigenvalue weighted by atomic mass is 10.1. The molecule has 2 heterocycles. The number of carbonyl (C=O) groups is 2. The maximum absolute atomic E-state index is 12.2. The molecule has 3 rings (SSSR count). The second kappa shape index (κ2) is 5.26. The van der Waals surface area contributed by atoms with E-state index in [4.69, 9.17) is 0 Å². The average molecular weight is 276 g/mol. The lowest BCUT2D eigenvalue weighted by Gasteiger charge is -2.23. The van der Waals surface area contributed by atoms with Crippen molar-refractivity contribution in [2.24, 2.45) is 5.92 Å². The Balaban J connectivity index is 1.62. The summed E-state index contributed by atoms with van der Waals surface area (Å²) >= 11 is 0. The maximum Gasteiger partial charge on any atom is 0.230 e. The molecule has 1 aliphatic carbocycles. The second-order valence-electron chi connectivity index (χ2n) is 5.80. The first-order valence-corrected chi connectivity index (χ1v) is 7.25. The molecular formula is C14H20N4O2. The molecule has 1 aromatic heterocycles. The number of likely N-dealkylation sites (tertiary alicyclic amines) is 1. The smallest absolute Gasteiger partial charge is 0.230 e. The topological polar surface area (TPSA) is 78.1 Å². The Morgan fingerprint density at radius 2 is 2.20 bits per heavy atom. The molecule has 1 aromatic rings. The number of hydrogen-bond acceptors (Lipinski definition) is 3. The normalized spacial score (nSPS) is 23.6. The van der Waals surface area contributed by atoms with Gasteiger partial charge in [0.2, 0.25) is 11.8 Å². The van der Waals surface area contributed by atoms with E-state index in [0.29, 0.717) is 24.8 Å². The van der Waals surface area contributed by atoms with Crippen LogP contribution in [0.3, 0.4) is 0 Å². The number of anilines is 1. The van der Waals surface area contributed by atoms with Gasteiger partial charge in [-0.3, -0.25) is 14.7 Å². The molecule has 20 heavy (non-hydrogen) atoms. The highest BCUT2D eigenvalue weighted by atomic mass is 16.2. The van der Waals surface area contributed by atoms with Gasteiger partial charge < -0.3 is 10.2 Å². The fourth-order valence-corrected chi connectivity index (χ4v) is 3.17. The first-order valence-electron chi connectivity index (χ1n) is 7.25. The Bertz CT molecular complexity index is 519. The summed E-state index contributed by atoms with van der Waals surface area (Å²) in [5, 5.41) is 9.46. The fraction of sp³-hybridized carbons (Fsp3) is 0.643. The Labute approximate surface area is 117 Å². The van der Waals surface area contributed by atoms with Crippen molar-refractivity contribution in [3.63, 3.8) is 0 Å². The van der Waals surface area contributed by atoms with E-state index in [1.807, 2.05) is 11.8 Å². The fourth-order valence-electron chi connectivity index (χ4n) is 3.17. The van der Waals surface area contributed by atoms with Gasteiger partial charge in [-0.05, 0) is 19.8 Å². The third-order valence-corrected chi connectivity index (χ3v) is 4.37. The van der Waals surface area contributed by atoms with Crippen LogP contribution in [0, 0.1) is 12.8 Å². The van der Waals surface area contributed by atoms with Crippen LogP contribution in [0.1, 0.15) is 37.7 Å².